The zero-order valence-electron chi connectivity index (χ0n) is 8.84. The van der Waals surface area contributed by atoms with Gasteiger partial charge in [-0.2, -0.15) is 5.10 Å². The molecule has 1 heterocycles. The zero-order valence-corrected chi connectivity index (χ0v) is 9.60. The lowest BCUT2D eigenvalue weighted by atomic mass is 10.2. The molecule has 0 bridgehead atoms. The van der Waals surface area contributed by atoms with E-state index in [9.17, 15) is 0 Å². The predicted molar refractivity (Wildman–Crippen MR) is 59.5 cm³/mol. The van der Waals surface area contributed by atoms with Crippen molar-refractivity contribution >= 4 is 11.6 Å². The molecular weight excluding hydrogens is 198 g/mol. The second kappa shape index (κ2) is 4.62. The zero-order chi connectivity index (χ0) is 10.7. The summed E-state index contributed by atoms with van der Waals surface area (Å²) in [5.41, 5.74) is 2.03. The maximum absolute atomic E-state index is 6.08. The Bertz CT molecular complexity index is 330. The van der Waals surface area contributed by atoms with E-state index in [4.69, 9.17) is 11.6 Å². The second-order valence-electron chi connectivity index (χ2n) is 3.38. The van der Waals surface area contributed by atoms with Gasteiger partial charge in [-0.1, -0.05) is 17.7 Å². The number of nitrogens with one attached hydrogen (secondary N) is 1. The molecule has 4 heteroatoms. The van der Waals surface area contributed by atoms with Gasteiger partial charge in [0, 0.05) is 25.2 Å². The first-order valence-electron chi connectivity index (χ1n) is 4.60. The molecule has 0 radical (unpaired) electrons. The van der Waals surface area contributed by atoms with Crippen LogP contribution in [0.3, 0.4) is 0 Å². The van der Waals surface area contributed by atoms with E-state index < -0.39 is 0 Å². The minimum Gasteiger partial charge on any atom is -0.307 e. The van der Waals surface area contributed by atoms with Crippen molar-refractivity contribution in [3.8, 4) is 0 Å². The van der Waals surface area contributed by atoms with Crippen LogP contribution in [-0.4, -0.2) is 15.8 Å². The van der Waals surface area contributed by atoms with Crippen LogP contribution in [-0.2, 0) is 13.6 Å². The molecule has 0 amide bonds. The van der Waals surface area contributed by atoms with Crippen LogP contribution in [0, 0.1) is 6.92 Å². The molecule has 1 rings (SSSR count). The van der Waals surface area contributed by atoms with Crippen molar-refractivity contribution < 1.29 is 0 Å². The van der Waals surface area contributed by atoms with E-state index in [1.165, 1.54) is 0 Å². The van der Waals surface area contributed by atoms with Gasteiger partial charge in [0.2, 0.25) is 0 Å². The normalized spacial score (nSPS) is 12.9. The van der Waals surface area contributed by atoms with Crippen LogP contribution in [0.15, 0.2) is 12.7 Å². The first-order chi connectivity index (χ1) is 6.56. The smallest absolute Gasteiger partial charge is 0.131 e. The summed E-state index contributed by atoms with van der Waals surface area (Å²) < 4.78 is 1.69. The van der Waals surface area contributed by atoms with Crippen molar-refractivity contribution in [2.24, 2.45) is 7.05 Å². The number of aryl methyl sites for hydroxylation is 2. The standard InChI is InChI=1S/C10H16ClN3/c1-5-7(2)12-6-9-8(3)13-14(4)10(9)11/h5,7,12H,1,6H2,2-4H3. The molecule has 1 aromatic rings. The highest BCUT2D eigenvalue weighted by Gasteiger charge is 2.10. The summed E-state index contributed by atoms with van der Waals surface area (Å²) in [5.74, 6) is 0. The van der Waals surface area contributed by atoms with Crippen molar-refractivity contribution in [3.63, 3.8) is 0 Å². The Labute approximate surface area is 89.8 Å². The fourth-order valence-corrected chi connectivity index (χ4v) is 1.46. The maximum atomic E-state index is 6.08. The quantitative estimate of drug-likeness (QED) is 0.776. The SMILES string of the molecule is C=CC(C)NCc1c(C)nn(C)c1Cl. The van der Waals surface area contributed by atoms with Gasteiger partial charge in [0.25, 0.3) is 0 Å². The summed E-state index contributed by atoms with van der Waals surface area (Å²) in [6, 6.07) is 0.283. The Morgan fingerprint density at radius 2 is 2.36 bits per heavy atom. The van der Waals surface area contributed by atoms with E-state index in [2.05, 4.69) is 17.0 Å². The summed E-state index contributed by atoms with van der Waals surface area (Å²) >= 11 is 6.08. The van der Waals surface area contributed by atoms with E-state index in [0.717, 1.165) is 17.8 Å². The highest BCUT2D eigenvalue weighted by Crippen LogP contribution is 2.18. The molecule has 0 spiro atoms. The topological polar surface area (TPSA) is 29.9 Å². The Morgan fingerprint density at radius 1 is 1.71 bits per heavy atom. The Morgan fingerprint density at radius 3 is 2.79 bits per heavy atom. The van der Waals surface area contributed by atoms with Crippen LogP contribution in [0.5, 0.6) is 0 Å². The summed E-state index contributed by atoms with van der Waals surface area (Å²) in [6.45, 7) is 8.44. The summed E-state index contributed by atoms with van der Waals surface area (Å²) in [7, 11) is 1.84. The molecule has 14 heavy (non-hydrogen) atoms. The molecule has 1 aromatic heterocycles. The monoisotopic (exact) mass is 213 g/mol. The van der Waals surface area contributed by atoms with E-state index in [1.54, 1.807) is 4.68 Å². The second-order valence-corrected chi connectivity index (χ2v) is 3.74. The van der Waals surface area contributed by atoms with Crippen molar-refractivity contribution in [2.75, 3.05) is 0 Å². The first kappa shape index (κ1) is 11.3. The van der Waals surface area contributed by atoms with Crippen LogP contribution in [0.25, 0.3) is 0 Å². The molecule has 1 N–H and O–H groups in total. The van der Waals surface area contributed by atoms with Gasteiger partial charge in [0.1, 0.15) is 5.15 Å². The Kier molecular flexibility index (Phi) is 3.72. The number of rotatable bonds is 4. The van der Waals surface area contributed by atoms with Crippen LogP contribution >= 0.6 is 11.6 Å². The minimum absolute atomic E-state index is 0.283. The van der Waals surface area contributed by atoms with Gasteiger partial charge in [-0.3, -0.25) is 4.68 Å². The lowest BCUT2D eigenvalue weighted by Crippen LogP contribution is -2.23. The third-order valence-corrected chi connectivity index (χ3v) is 2.70. The number of halogens is 1. The summed E-state index contributed by atoms with van der Waals surface area (Å²) in [6.07, 6.45) is 1.86. The van der Waals surface area contributed by atoms with Crippen molar-refractivity contribution in [2.45, 2.75) is 26.4 Å². The van der Waals surface area contributed by atoms with Gasteiger partial charge in [-0.25, -0.2) is 0 Å². The molecule has 78 valence electrons. The van der Waals surface area contributed by atoms with E-state index in [-0.39, 0.29) is 6.04 Å². The van der Waals surface area contributed by atoms with Crippen molar-refractivity contribution in [3.05, 3.63) is 29.1 Å². The molecule has 0 aliphatic rings. The lowest BCUT2D eigenvalue weighted by Gasteiger charge is -2.08. The molecule has 0 aromatic carbocycles. The van der Waals surface area contributed by atoms with E-state index in [1.807, 2.05) is 27.0 Å². The highest BCUT2D eigenvalue weighted by molar-refractivity contribution is 6.30. The average Bonchev–Trinajstić information content (AvgIpc) is 2.39. The molecule has 1 unspecified atom stereocenters. The average molecular weight is 214 g/mol. The van der Waals surface area contributed by atoms with Crippen LogP contribution < -0.4 is 5.32 Å². The first-order valence-corrected chi connectivity index (χ1v) is 4.98. The molecule has 0 aliphatic carbocycles. The van der Waals surface area contributed by atoms with E-state index in [0.29, 0.717) is 5.15 Å². The van der Waals surface area contributed by atoms with Gasteiger partial charge in [0.15, 0.2) is 0 Å². The Hall–Kier alpha value is -0.800. The van der Waals surface area contributed by atoms with Crippen LogP contribution in [0.4, 0.5) is 0 Å². The molecule has 1 atom stereocenters. The number of hydrogen-bond acceptors (Lipinski definition) is 2. The largest absolute Gasteiger partial charge is 0.307 e. The highest BCUT2D eigenvalue weighted by atomic mass is 35.5. The maximum Gasteiger partial charge on any atom is 0.131 e. The van der Waals surface area contributed by atoms with Gasteiger partial charge >= 0.3 is 0 Å². The lowest BCUT2D eigenvalue weighted by molar-refractivity contribution is 0.632. The van der Waals surface area contributed by atoms with Crippen LogP contribution in [0.1, 0.15) is 18.2 Å². The van der Waals surface area contributed by atoms with E-state index >= 15 is 0 Å². The summed E-state index contributed by atoms with van der Waals surface area (Å²) in [5, 5.41) is 8.22. The molecule has 0 fully saturated rings. The predicted octanol–water partition coefficient (Wildman–Crippen LogP) is 2.05. The van der Waals surface area contributed by atoms with Gasteiger partial charge in [-0.05, 0) is 13.8 Å². The minimum atomic E-state index is 0.283. The molecular formula is C10H16ClN3. The number of nitrogens with zero attached hydrogens (tertiary/aromatic N) is 2. The third kappa shape index (κ3) is 2.36. The van der Waals surface area contributed by atoms with Gasteiger partial charge < -0.3 is 5.32 Å². The van der Waals surface area contributed by atoms with Gasteiger partial charge in [-0.15, -0.1) is 6.58 Å². The molecule has 0 saturated heterocycles. The van der Waals surface area contributed by atoms with Crippen molar-refractivity contribution in [1.29, 1.82) is 0 Å². The molecule has 0 aliphatic heterocycles. The molecule has 3 nitrogen and oxygen atoms in total. The van der Waals surface area contributed by atoms with Crippen molar-refractivity contribution in [1.82, 2.24) is 15.1 Å². The Balaban J connectivity index is 2.71. The fourth-order valence-electron chi connectivity index (χ4n) is 1.22. The van der Waals surface area contributed by atoms with Gasteiger partial charge in [0.05, 0.1) is 5.69 Å². The third-order valence-electron chi connectivity index (χ3n) is 2.22. The number of hydrogen-bond donors (Lipinski definition) is 1. The van der Waals surface area contributed by atoms with Crippen LogP contribution in [0.2, 0.25) is 5.15 Å². The summed E-state index contributed by atoms with van der Waals surface area (Å²) in [4.78, 5) is 0. The number of aromatic nitrogens is 2. The molecule has 0 saturated carbocycles. The fraction of sp³-hybridized carbons (Fsp3) is 0.500.